The van der Waals surface area contributed by atoms with Gasteiger partial charge in [-0.15, -0.1) is 0 Å². The van der Waals surface area contributed by atoms with E-state index in [1.54, 1.807) is 0 Å². The van der Waals surface area contributed by atoms with Crippen LogP contribution in [0.15, 0.2) is 24.3 Å². The van der Waals surface area contributed by atoms with Gasteiger partial charge in [-0.1, -0.05) is 128 Å². The van der Waals surface area contributed by atoms with Crippen molar-refractivity contribution < 1.29 is 28.0 Å². The van der Waals surface area contributed by atoms with Crippen LogP contribution in [-0.4, -0.2) is 44.1 Å². The molecule has 2 N–H and O–H groups in total. The Morgan fingerprint density at radius 3 is 1.91 bits per heavy atom. The summed E-state index contributed by atoms with van der Waals surface area (Å²) in [6.45, 7) is 5.55. The number of ether oxygens (including phenoxy) is 1. The van der Waals surface area contributed by atoms with Crippen LogP contribution in [0.1, 0.15) is 141 Å². The van der Waals surface area contributed by atoms with Crippen LogP contribution in [0.5, 0.6) is 5.75 Å². The van der Waals surface area contributed by atoms with Gasteiger partial charge in [0.2, 0.25) is 0 Å². The molecular weight excluding hydrogens is 561 g/mol. The fourth-order valence-corrected chi connectivity index (χ4v) is 6.11. The van der Waals surface area contributed by atoms with Crippen molar-refractivity contribution in [1.82, 2.24) is 5.32 Å². The highest BCUT2D eigenvalue weighted by Crippen LogP contribution is 2.44. The van der Waals surface area contributed by atoms with Gasteiger partial charge in [0.05, 0.1) is 19.8 Å². The number of hydrogen-bond donors (Lipinski definition) is 2. The molecule has 0 aliphatic rings. The van der Waals surface area contributed by atoms with E-state index in [0.29, 0.717) is 32.4 Å². The second-order valence-electron chi connectivity index (χ2n) is 12.0. The van der Waals surface area contributed by atoms with Crippen molar-refractivity contribution in [3.8, 4) is 5.75 Å². The summed E-state index contributed by atoms with van der Waals surface area (Å²) in [4.78, 5) is 22.3. The molecule has 2 unspecified atom stereocenters. The average Bonchev–Trinajstić information content (AvgIpc) is 3.00. The number of benzene rings is 1. The smallest absolute Gasteiger partial charge is 0.472 e. The largest absolute Gasteiger partial charge is 0.493 e. The van der Waals surface area contributed by atoms with Gasteiger partial charge in [-0.25, -0.2) is 4.57 Å². The summed E-state index contributed by atoms with van der Waals surface area (Å²) in [7, 11) is -2.36. The molecule has 0 fully saturated rings. The van der Waals surface area contributed by atoms with Gasteiger partial charge in [0.1, 0.15) is 11.5 Å². The summed E-state index contributed by atoms with van der Waals surface area (Å²) < 4.78 is 28.8. The lowest BCUT2D eigenvalue weighted by molar-refractivity contribution is -0.120. The van der Waals surface area contributed by atoms with E-state index < -0.39 is 7.82 Å². The van der Waals surface area contributed by atoms with E-state index >= 15 is 0 Å². The van der Waals surface area contributed by atoms with Crippen LogP contribution < -0.4 is 10.1 Å². The van der Waals surface area contributed by atoms with E-state index in [4.69, 9.17) is 13.8 Å². The van der Waals surface area contributed by atoms with Gasteiger partial charge in [-0.2, -0.15) is 0 Å². The molecule has 43 heavy (non-hydrogen) atoms. The Balaban J connectivity index is 2.29. The molecule has 250 valence electrons. The standard InChI is InChI=1S/C35H64NO6P/c1-4-6-7-8-9-10-11-12-13-14-15-16-17-18-19-22-27-40-35-25-21-20-24-33(35)29-32(30-34(37)5-2)31-42-43(38,39)41-28-23-26-36-3/h20-21,24-25,32,36H,4-19,22-23,26-31H2,1-3H3,(H,38,39). The molecule has 0 bridgehead atoms. The molecule has 8 heteroatoms. The minimum atomic E-state index is -4.17. The van der Waals surface area contributed by atoms with Crippen molar-refractivity contribution in [2.75, 3.05) is 33.4 Å². The first kappa shape index (κ1) is 39.8. The zero-order valence-electron chi connectivity index (χ0n) is 27.8. The van der Waals surface area contributed by atoms with Crippen LogP contribution in [0.25, 0.3) is 0 Å². The molecule has 7 nitrogen and oxygen atoms in total. The second kappa shape index (κ2) is 27.1. The van der Waals surface area contributed by atoms with Gasteiger partial charge < -0.3 is 14.9 Å². The molecule has 1 aromatic rings. The minimum absolute atomic E-state index is 0.0288. The monoisotopic (exact) mass is 625 g/mol. The van der Waals surface area contributed by atoms with Crippen LogP contribution in [0.4, 0.5) is 0 Å². The molecule has 0 saturated heterocycles. The van der Waals surface area contributed by atoms with Crippen molar-refractivity contribution in [3.63, 3.8) is 0 Å². The number of nitrogens with one attached hydrogen (secondary N) is 1. The lowest BCUT2D eigenvalue weighted by Crippen LogP contribution is -2.17. The summed E-state index contributed by atoms with van der Waals surface area (Å²) in [5.41, 5.74) is 0.985. The Kier molecular flexibility index (Phi) is 25.1. The molecule has 0 aliphatic heterocycles. The predicted octanol–water partition coefficient (Wildman–Crippen LogP) is 9.60. The Bertz CT molecular complexity index is 851. The van der Waals surface area contributed by atoms with E-state index in [-0.39, 0.29) is 31.3 Å². The molecule has 0 saturated carbocycles. The molecule has 0 aliphatic carbocycles. The highest BCUT2D eigenvalue weighted by Gasteiger charge is 2.25. The Morgan fingerprint density at radius 2 is 1.35 bits per heavy atom. The summed E-state index contributed by atoms with van der Waals surface area (Å²) in [5, 5.41) is 2.97. The molecule has 1 rings (SSSR count). The number of ketones is 1. The molecule has 0 amide bonds. The zero-order chi connectivity index (χ0) is 31.4. The number of unbranched alkanes of at least 4 members (excludes halogenated alkanes) is 15. The topological polar surface area (TPSA) is 94.1 Å². The molecule has 0 heterocycles. The maximum absolute atomic E-state index is 12.3. The van der Waals surface area contributed by atoms with Crippen LogP contribution in [0, 0.1) is 5.92 Å². The van der Waals surface area contributed by atoms with Gasteiger partial charge in [0.25, 0.3) is 0 Å². The van der Waals surface area contributed by atoms with Gasteiger partial charge in [-0.05, 0) is 50.4 Å². The predicted molar refractivity (Wildman–Crippen MR) is 179 cm³/mol. The Hall–Kier alpha value is -1.24. The Labute approximate surface area is 263 Å². The summed E-state index contributed by atoms with van der Waals surface area (Å²) in [6.07, 6.45) is 23.3. The van der Waals surface area contributed by atoms with Gasteiger partial charge in [0, 0.05) is 12.8 Å². The van der Waals surface area contributed by atoms with Crippen molar-refractivity contribution >= 4 is 13.6 Å². The molecule has 1 aromatic carbocycles. The van der Waals surface area contributed by atoms with Gasteiger partial charge in [-0.3, -0.25) is 13.8 Å². The third kappa shape index (κ3) is 22.9. The Morgan fingerprint density at radius 1 is 0.791 bits per heavy atom. The highest BCUT2D eigenvalue weighted by atomic mass is 31.2. The maximum atomic E-state index is 12.3. The van der Waals surface area contributed by atoms with E-state index in [1.165, 1.54) is 96.3 Å². The maximum Gasteiger partial charge on any atom is 0.472 e. The number of carbonyl (C=O) groups is 1. The van der Waals surface area contributed by atoms with E-state index in [9.17, 15) is 14.3 Å². The van der Waals surface area contributed by atoms with Crippen molar-refractivity contribution in [3.05, 3.63) is 29.8 Å². The molecule has 0 spiro atoms. The van der Waals surface area contributed by atoms with Crippen LogP contribution in [-0.2, 0) is 24.8 Å². The van der Waals surface area contributed by atoms with E-state index in [1.807, 2.05) is 38.2 Å². The first-order valence-corrected chi connectivity index (χ1v) is 18.9. The average molecular weight is 626 g/mol. The fourth-order valence-electron chi connectivity index (χ4n) is 5.28. The SMILES string of the molecule is CCCCCCCCCCCCCCCCCCOc1ccccc1CC(COP(=O)(O)OCCCNC)CC(=O)CC. The van der Waals surface area contributed by atoms with Crippen LogP contribution in [0.2, 0.25) is 0 Å². The van der Waals surface area contributed by atoms with Gasteiger partial charge >= 0.3 is 7.82 Å². The number of Topliss-reactive ketones (excluding diaryl/α,β-unsaturated/α-hetero) is 1. The minimum Gasteiger partial charge on any atom is -0.493 e. The number of para-hydroxylation sites is 1. The van der Waals surface area contributed by atoms with Crippen LogP contribution in [0.3, 0.4) is 0 Å². The zero-order valence-corrected chi connectivity index (χ0v) is 28.7. The first-order chi connectivity index (χ1) is 20.9. The number of rotatable bonds is 31. The van der Waals surface area contributed by atoms with E-state index in [0.717, 1.165) is 17.7 Å². The number of phosphoric acid groups is 1. The highest BCUT2D eigenvalue weighted by molar-refractivity contribution is 7.47. The number of hydrogen-bond acceptors (Lipinski definition) is 6. The number of carbonyl (C=O) groups excluding carboxylic acids is 1. The molecule has 0 radical (unpaired) electrons. The van der Waals surface area contributed by atoms with Crippen molar-refractivity contribution in [2.24, 2.45) is 5.92 Å². The third-order valence-electron chi connectivity index (χ3n) is 7.95. The van der Waals surface area contributed by atoms with Gasteiger partial charge in [0.15, 0.2) is 0 Å². The second-order valence-corrected chi connectivity index (χ2v) is 13.4. The summed E-state index contributed by atoms with van der Waals surface area (Å²) >= 11 is 0. The molecule has 2 atom stereocenters. The normalized spacial score (nSPS) is 13.6. The van der Waals surface area contributed by atoms with Crippen molar-refractivity contribution in [2.45, 2.75) is 142 Å². The van der Waals surface area contributed by atoms with Crippen LogP contribution >= 0.6 is 7.82 Å². The summed E-state index contributed by atoms with van der Waals surface area (Å²) in [6, 6.07) is 7.87. The lowest BCUT2D eigenvalue weighted by atomic mass is 9.94. The quantitative estimate of drug-likeness (QED) is 0.0627. The number of phosphoric ester groups is 1. The van der Waals surface area contributed by atoms with Crippen molar-refractivity contribution in [1.29, 1.82) is 0 Å². The molecule has 0 aromatic heterocycles. The fraction of sp³-hybridized carbons (Fsp3) is 0.800. The third-order valence-corrected chi connectivity index (χ3v) is 8.93. The first-order valence-electron chi connectivity index (χ1n) is 17.4. The summed E-state index contributed by atoms with van der Waals surface area (Å²) in [5.74, 6) is 0.671. The molecular formula is C35H64NO6P. The van der Waals surface area contributed by atoms with E-state index in [2.05, 4.69) is 12.2 Å². The lowest BCUT2D eigenvalue weighted by Gasteiger charge is -2.20.